The SMILES string of the molecule is CSc1ccccc1NC(=O)c1nc(N)nc2ccccc12. The smallest absolute Gasteiger partial charge is 0.275 e. The number of nitrogens with two attached hydrogens (primary N) is 1. The summed E-state index contributed by atoms with van der Waals surface area (Å²) in [6.45, 7) is 0. The summed E-state index contributed by atoms with van der Waals surface area (Å²) in [4.78, 5) is 21.8. The molecule has 0 aliphatic heterocycles. The van der Waals surface area contributed by atoms with E-state index in [4.69, 9.17) is 5.73 Å². The maximum absolute atomic E-state index is 12.6. The van der Waals surface area contributed by atoms with Gasteiger partial charge in [0.05, 0.1) is 11.2 Å². The topological polar surface area (TPSA) is 80.9 Å². The van der Waals surface area contributed by atoms with Crippen molar-refractivity contribution in [3.63, 3.8) is 0 Å². The summed E-state index contributed by atoms with van der Waals surface area (Å²) in [6.07, 6.45) is 1.96. The van der Waals surface area contributed by atoms with E-state index in [2.05, 4.69) is 15.3 Å². The van der Waals surface area contributed by atoms with Gasteiger partial charge in [-0.2, -0.15) is 0 Å². The van der Waals surface area contributed by atoms with Crippen molar-refractivity contribution in [2.45, 2.75) is 4.90 Å². The number of thioether (sulfide) groups is 1. The van der Waals surface area contributed by atoms with Crippen LogP contribution in [-0.2, 0) is 0 Å². The summed E-state index contributed by atoms with van der Waals surface area (Å²) in [5.74, 6) is -0.214. The van der Waals surface area contributed by atoms with E-state index in [0.29, 0.717) is 10.9 Å². The molecule has 3 rings (SSSR count). The average Bonchev–Trinajstić information content (AvgIpc) is 2.54. The maximum atomic E-state index is 12.6. The maximum Gasteiger partial charge on any atom is 0.275 e. The van der Waals surface area contributed by atoms with Gasteiger partial charge in [0.1, 0.15) is 5.69 Å². The van der Waals surface area contributed by atoms with Gasteiger partial charge in [0, 0.05) is 10.3 Å². The predicted octanol–water partition coefficient (Wildman–Crippen LogP) is 3.19. The summed E-state index contributed by atoms with van der Waals surface area (Å²) < 4.78 is 0. The summed E-state index contributed by atoms with van der Waals surface area (Å²) in [7, 11) is 0. The highest BCUT2D eigenvalue weighted by Crippen LogP contribution is 2.25. The molecule has 3 aromatic rings. The Morgan fingerprint density at radius 2 is 1.82 bits per heavy atom. The van der Waals surface area contributed by atoms with Crippen LogP contribution in [-0.4, -0.2) is 22.1 Å². The molecule has 1 amide bonds. The van der Waals surface area contributed by atoms with E-state index in [1.807, 2.05) is 48.7 Å². The molecule has 3 N–H and O–H groups in total. The molecule has 0 bridgehead atoms. The number of fused-ring (bicyclic) bond motifs is 1. The highest BCUT2D eigenvalue weighted by Gasteiger charge is 2.15. The van der Waals surface area contributed by atoms with Gasteiger partial charge in [-0.05, 0) is 24.5 Å². The van der Waals surface area contributed by atoms with Crippen molar-refractivity contribution in [2.24, 2.45) is 0 Å². The van der Waals surface area contributed by atoms with Gasteiger partial charge in [0.15, 0.2) is 0 Å². The molecule has 0 fully saturated rings. The van der Waals surface area contributed by atoms with Crippen LogP contribution < -0.4 is 11.1 Å². The van der Waals surface area contributed by atoms with E-state index in [1.165, 1.54) is 0 Å². The van der Waals surface area contributed by atoms with E-state index >= 15 is 0 Å². The number of nitrogens with one attached hydrogen (secondary N) is 1. The lowest BCUT2D eigenvalue weighted by atomic mass is 10.1. The number of para-hydroxylation sites is 2. The van der Waals surface area contributed by atoms with Crippen molar-refractivity contribution in [3.05, 3.63) is 54.2 Å². The third-order valence-electron chi connectivity index (χ3n) is 3.19. The highest BCUT2D eigenvalue weighted by molar-refractivity contribution is 7.98. The van der Waals surface area contributed by atoms with Crippen LogP contribution in [0.4, 0.5) is 11.6 Å². The van der Waals surface area contributed by atoms with E-state index in [9.17, 15) is 4.79 Å². The molecule has 0 spiro atoms. The first kappa shape index (κ1) is 14.3. The Kier molecular flexibility index (Phi) is 3.93. The first-order valence-corrected chi connectivity index (χ1v) is 7.88. The number of carbonyl (C=O) groups excluding carboxylic acids is 1. The number of hydrogen-bond acceptors (Lipinski definition) is 5. The minimum Gasteiger partial charge on any atom is -0.368 e. The quantitative estimate of drug-likeness (QED) is 0.726. The van der Waals surface area contributed by atoms with Crippen LogP contribution >= 0.6 is 11.8 Å². The van der Waals surface area contributed by atoms with Crippen molar-refractivity contribution >= 4 is 40.2 Å². The Hall–Kier alpha value is -2.60. The van der Waals surface area contributed by atoms with Gasteiger partial charge >= 0.3 is 0 Å². The first-order valence-electron chi connectivity index (χ1n) is 6.65. The van der Waals surface area contributed by atoms with Crippen molar-refractivity contribution < 1.29 is 4.79 Å². The molecule has 0 aliphatic carbocycles. The molecule has 1 heterocycles. The molecular weight excluding hydrogens is 296 g/mol. The zero-order valence-electron chi connectivity index (χ0n) is 11.9. The van der Waals surface area contributed by atoms with Crippen LogP contribution in [0.5, 0.6) is 0 Å². The number of rotatable bonds is 3. The third-order valence-corrected chi connectivity index (χ3v) is 3.99. The van der Waals surface area contributed by atoms with Crippen molar-refractivity contribution in [1.29, 1.82) is 0 Å². The Morgan fingerprint density at radius 1 is 1.09 bits per heavy atom. The molecule has 0 radical (unpaired) electrons. The van der Waals surface area contributed by atoms with Crippen LogP contribution in [0.15, 0.2) is 53.4 Å². The largest absolute Gasteiger partial charge is 0.368 e. The van der Waals surface area contributed by atoms with Crippen molar-refractivity contribution in [1.82, 2.24) is 9.97 Å². The number of nitrogen functional groups attached to an aromatic ring is 1. The van der Waals surface area contributed by atoms with Crippen LogP contribution in [0.1, 0.15) is 10.5 Å². The van der Waals surface area contributed by atoms with E-state index in [-0.39, 0.29) is 17.5 Å². The number of nitrogens with zero attached hydrogens (tertiary/aromatic N) is 2. The van der Waals surface area contributed by atoms with Gasteiger partial charge in [-0.1, -0.05) is 30.3 Å². The number of amides is 1. The molecule has 1 aromatic heterocycles. The molecule has 0 unspecified atom stereocenters. The third kappa shape index (κ3) is 2.73. The second-order valence-corrected chi connectivity index (χ2v) is 5.45. The van der Waals surface area contributed by atoms with E-state index in [1.54, 1.807) is 17.8 Å². The van der Waals surface area contributed by atoms with Gasteiger partial charge in [0.2, 0.25) is 5.95 Å². The zero-order valence-corrected chi connectivity index (χ0v) is 12.7. The average molecular weight is 310 g/mol. The lowest BCUT2D eigenvalue weighted by Gasteiger charge is -2.10. The second kappa shape index (κ2) is 6.03. The van der Waals surface area contributed by atoms with Crippen LogP contribution in [0.25, 0.3) is 10.9 Å². The first-order chi connectivity index (χ1) is 10.7. The molecule has 0 atom stereocenters. The molecular formula is C16H14N4OS. The fourth-order valence-electron chi connectivity index (χ4n) is 2.20. The fourth-order valence-corrected chi connectivity index (χ4v) is 2.75. The number of benzene rings is 2. The Balaban J connectivity index is 2.02. The molecule has 0 saturated carbocycles. The number of hydrogen-bond donors (Lipinski definition) is 2. The normalized spacial score (nSPS) is 10.6. The molecule has 0 saturated heterocycles. The number of carbonyl (C=O) groups is 1. The number of aromatic nitrogens is 2. The summed E-state index contributed by atoms with van der Waals surface area (Å²) >= 11 is 1.57. The van der Waals surface area contributed by atoms with Crippen molar-refractivity contribution in [2.75, 3.05) is 17.3 Å². The van der Waals surface area contributed by atoms with Gasteiger partial charge in [-0.3, -0.25) is 4.79 Å². The van der Waals surface area contributed by atoms with Gasteiger partial charge < -0.3 is 11.1 Å². The number of anilines is 2. The van der Waals surface area contributed by atoms with Gasteiger partial charge in [-0.15, -0.1) is 11.8 Å². The fraction of sp³-hybridized carbons (Fsp3) is 0.0625. The standard InChI is InChI=1S/C16H14N4OS/c1-22-13-9-5-4-8-12(13)18-15(21)14-10-6-2-3-7-11(10)19-16(17)20-14/h2-9H,1H3,(H,18,21)(H2,17,19,20). The summed E-state index contributed by atoms with van der Waals surface area (Å²) in [5.41, 5.74) is 7.38. The summed E-state index contributed by atoms with van der Waals surface area (Å²) in [6, 6.07) is 14.9. The minimum absolute atomic E-state index is 0.0852. The molecule has 22 heavy (non-hydrogen) atoms. The second-order valence-electron chi connectivity index (χ2n) is 4.60. The van der Waals surface area contributed by atoms with E-state index in [0.717, 1.165) is 10.6 Å². The minimum atomic E-state index is -0.299. The molecule has 6 heteroatoms. The monoisotopic (exact) mass is 310 g/mol. The van der Waals surface area contributed by atoms with Gasteiger partial charge in [-0.25, -0.2) is 9.97 Å². The molecule has 2 aromatic carbocycles. The van der Waals surface area contributed by atoms with Crippen LogP contribution in [0.3, 0.4) is 0 Å². The van der Waals surface area contributed by atoms with Crippen LogP contribution in [0, 0.1) is 0 Å². The molecule has 0 aliphatic rings. The summed E-state index contributed by atoms with van der Waals surface area (Å²) in [5, 5.41) is 3.57. The molecule has 110 valence electrons. The zero-order chi connectivity index (χ0) is 15.5. The Morgan fingerprint density at radius 3 is 2.64 bits per heavy atom. The van der Waals surface area contributed by atoms with Crippen molar-refractivity contribution in [3.8, 4) is 0 Å². The lowest BCUT2D eigenvalue weighted by molar-refractivity contribution is 0.102. The Labute approximate surface area is 132 Å². The van der Waals surface area contributed by atoms with Gasteiger partial charge in [0.25, 0.3) is 5.91 Å². The highest BCUT2D eigenvalue weighted by atomic mass is 32.2. The Bertz CT molecular complexity index is 850. The molecule has 5 nitrogen and oxygen atoms in total. The van der Waals surface area contributed by atoms with E-state index < -0.39 is 0 Å². The van der Waals surface area contributed by atoms with Crippen LogP contribution in [0.2, 0.25) is 0 Å². The predicted molar refractivity (Wildman–Crippen MR) is 90.1 cm³/mol. The lowest BCUT2D eigenvalue weighted by Crippen LogP contribution is -2.16.